The van der Waals surface area contributed by atoms with Crippen molar-refractivity contribution in [3.8, 4) is 0 Å². The summed E-state index contributed by atoms with van der Waals surface area (Å²) in [6, 6.07) is 9.00. The second-order valence-electron chi connectivity index (χ2n) is 4.94. The lowest BCUT2D eigenvalue weighted by atomic mass is 9.93. The molecular formula is C12H13ClN2. The van der Waals surface area contributed by atoms with Gasteiger partial charge in [0.15, 0.2) is 0 Å². The highest BCUT2D eigenvalue weighted by molar-refractivity contribution is 6.30. The third-order valence-electron chi connectivity index (χ3n) is 4.34. The molecule has 4 rings (SSSR count). The van der Waals surface area contributed by atoms with Crippen molar-refractivity contribution in [2.24, 2.45) is 5.92 Å². The van der Waals surface area contributed by atoms with Gasteiger partial charge < -0.3 is 10.2 Å². The summed E-state index contributed by atoms with van der Waals surface area (Å²) in [5.74, 6) is 0.895. The van der Waals surface area contributed by atoms with E-state index < -0.39 is 0 Å². The minimum absolute atomic E-state index is 0.494. The summed E-state index contributed by atoms with van der Waals surface area (Å²) in [5.41, 5.74) is 1.83. The SMILES string of the molecule is Clc1ccc(N2CC3NCC4CC432)cc1. The molecule has 1 spiro atoms. The van der Waals surface area contributed by atoms with Gasteiger partial charge >= 0.3 is 0 Å². The molecule has 15 heavy (non-hydrogen) atoms. The standard InChI is InChI=1S/C12H13ClN2/c13-9-1-3-10(4-2-9)15-7-11-12(15)5-8(12)6-14-11/h1-4,8,11,14H,5-7H2. The fraction of sp³-hybridized carbons (Fsp3) is 0.500. The fourth-order valence-electron chi connectivity index (χ4n) is 3.42. The molecule has 2 saturated heterocycles. The van der Waals surface area contributed by atoms with Crippen LogP contribution in [0.4, 0.5) is 5.69 Å². The van der Waals surface area contributed by atoms with Gasteiger partial charge in [0.25, 0.3) is 0 Å². The Bertz CT molecular complexity index is 416. The van der Waals surface area contributed by atoms with E-state index in [9.17, 15) is 0 Å². The largest absolute Gasteiger partial charge is 0.362 e. The van der Waals surface area contributed by atoms with E-state index in [2.05, 4.69) is 22.3 Å². The zero-order valence-electron chi connectivity index (χ0n) is 8.41. The number of hydrogen-bond acceptors (Lipinski definition) is 2. The Hall–Kier alpha value is -0.730. The van der Waals surface area contributed by atoms with Gasteiger partial charge in [-0.15, -0.1) is 0 Å². The average molecular weight is 221 g/mol. The molecule has 1 N–H and O–H groups in total. The molecule has 2 aliphatic heterocycles. The Balaban J connectivity index is 1.68. The first-order chi connectivity index (χ1) is 7.30. The minimum Gasteiger partial charge on any atom is -0.362 e. The molecule has 0 radical (unpaired) electrons. The predicted molar refractivity (Wildman–Crippen MR) is 61.4 cm³/mol. The van der Waals surface area contributed by atoms with Crippen LogP contribution in [0.15, 0.2) is 24.3 Å². The normalized spacial score (nSPS) is 40.7. The number of benzene rings is 1. The van der Waals surface area contributed by atoms with E-state index in [4.69, 9.17) is 11.6 Å². The van der Waals surface area contributed by atoms with Crippen molar-refractivity contribution in [1.82, 2.24) is 5.32 Å². The second-order valence-corrected chi connectivity index (χ2v) is 5.38. The van der Waals surface area contributed by atoms with Gasteiger partial charge in [0.05, 0.1) is 5.54 Å². The first-order valence-corrected chi connectivity index (χ1v) is 5.95. The summed E-state index contributed by atoms with van der Waals surface area (Å²) in [6.45, 7) is 2.38. The van der Waals surface area contributed by atoms with Crippen LogP contribution < -0.4 is 10.2 Å². The van der Waals surface area contributed by atoms with Crippen molar-refractivity contribution in [2.45, 2.75) is 18.0 Å². The van der Waals surface area contributed by atoms with Gasteiger partial charge in [-0.2, -0.15) is 0 Å². The van der Waals surface area contributed by atoms with Crippen molar-refractivity contribution in [3.05, 3.63) is 29.3 Å². The first kappa shape index (κ1) is 8.43. The summed E-state index contributed by atoms with van der Waals surface area (Å²) >= 11 is 5.90. The molecule has 2 heterocycles. The molecule has 1 aliphatic carbocycles. The second kappa shape index (κ2) is 2.50. The third-order valence-corrected chi connectivity index (χ3v) is 4.59. The van der Waals surface area contributed by atoms with Crippen LogP contribution in [0.1, 0.15) is 6.42 Å². The summed E-state index contributed by atoms with van der Waals surface area (Å²) in [6.07, 6.45) is 1.38. The maximum absolute atomic E-state index is 5.90. The Labute approximate surface area is 94.2 Å². The zero-order chi connectivity index (χ0) is 10.0. The van der Waals surface area contributed by atoms with Crippen molar-refractivity contribution in [3.63, 3.8) is 0 Å². The molecule has 3 aliphatic rings. The van der Waals surface area contributed by atoms with E-state index in [-0.39, 0.29) is 0 Å². The number of halogens is 1. The van der Waals surface area contributed by atoms with Crippen LogP contribution in [-0.4, -0.2) is 24.7 Å². The topological polar surface area (TPSA) is 15.3 Å². The van der Waals surface area contributed by atoms with Crippen LogP contribution >= 0.6 is 11.6 Å². The van der Waals surface area contributed by atoms with Gasteiger partial charge in [-0.25, -0.2) is 0 Å². The van der Waals surface area contributed by atoms with Gasteiger partial charge in [-0.05, 0) is 36.6 Å². The van der Waals surface area contributed by atoms with Gasteiger partial charge in [0.2, 0.25) is 0 Å². The number of nitrogens with one attached hydrogen (secondary N) is 1. The van der Waals surface area contributed by atoms with Gasteiger partial charge in [0, 0.05) is 29.8 Å². The molecule has 1 saturated carbocycles. The van der Waals surface area contributed by atoms with E-state index in [0.717, 1.165) is 23.5 Å². The lowest BCUT2D eigenvalue weighted by Gasteiger charge is -2.49. The minimum atomic E-state index is 0.494. The number of nitrogens with zero attached hydrogens (tertiary/aromatic N) is 1. The zero-order valence-corrected chi connectivity index (χ0v) is 9.17. The van der Waals surface area contributed by atoms with E-state index in [0.29, 0.717) is 5.54 Å². The smallest absolute Gasteiger partial charge is 0.0617 e. The molecule has 1 aromatic rings. The van der Waals surface area contributed by atoms with Crippen LogP contribution in [0.5, 0.6) is 0 Å². The summed E-state index contributed by atoms with van der Waals surface area (Å²) in [5, 5.41) is 4.41. The van der Waals surface area contributed by atoms with E-state index in [1.54, 1.807) is 0 Å². The average Bonchev–Trinajstić information content (AvgIpc) is 2.91. The van der Waals surface area contributed by atoms with Crippen LogP contribution in [0.25, 0.3) is 0 Å². The van der Waals surface area contributed by atoms with Crippen LogP contribution in [0, 0.1) is 5.92 Å². The molecule has 3 fully saturated rings. The van der Waals surface area contributed by atoms with Crippen LogP contribution in [0.2, 0.25) is 5.02 Å². The number of piperidine rings is 1. The number of anilines is 1. The van der Waals surface area contributed by atoms with Gasteiger partial charge in [-0.3, -0.25) is 0 Å². The van der Waals surface area contributed by atoms with Crippen molar-refractivity contribution in [2.75, 3.05) is 18.0 Å². The maximum Gasteiger partial charge on any atom is 0.0617 e. The molecule has 0 bridgehead atoms. The molecule has 78 valence electrons. The summed E-state index contributed by atoms with van der Waals surface area (Å²) in [7, 11) is 0. The Morgan fingerprint density at radius 1 is 1.33 bits per heavy atom. The lowest BCUT2D eigenvalue weighted by molar-refractivity contribution is 0.343. The Kier molecular flexibility index (Phi) is 1.40. The molecule has 3 atom stereocenters. The third kappa shape index (κ3) is 0.900. The molecule has 3 heteroatoms. The molecule has 0 aromatic heterocycles. The van der Waals surface area contributed by atoms with Crippen LogP contribution in [0.3, 0.4) is 0 Å². The fourth-order valence-corrected chi connectivity index (χ4v) is 3.55. The number of rotatable bonds is 1. The van der Waals surface area contributed by atoms with Gasteiger partial charge in [-0.1, -0.05) is 11.6 Å². The molecule has 1 aromatic carbocycles. The lowest BCUT2D eigenvalue weighted by Crippen LogP contribution is -2.65. The predicted octanol–water partition coefficient (Wildman–Crippen LogP) is 1.89. The quantitative estimate of drug-likeness (QED) is 0.778. The van der Waals surface area contributed by atoms with Crippen molar-refractivity contribution < 1.29 is 0 Å². The highest BCUT2D eigenvalue weighted by Gasteiger charge is 2.72. The van der Waals surface area contributed by atoms with Crippen LogP contribution in [-0.2, 0) is 0 Å². The van der Waals surface area contributed by atoms with E-state index in [1.807, 2.05) is 12.1 Å². The molecular weight excluding hydrogens is 208 g/mol. The maximum atomic E-state index is 5.90. The summed E-state index contributed by atoms with van der Waals surface area (Å²) < 4.78 is 0. The number of hydrogen-bond donors (Lipinski definition) is 1. The Morgan fingerprint density at radius 2 is 2.13 bits per heavy atom. The monoisotopic (exact) mass is 220 g/mol. The highest BCUT2D eigenvalue weighted by Crippen LogP contribution is 2.60. The summed E-state index contributed by atoms with van der Waals surface area (Å²) in [4.78, 5) is 2.55. The van der Waals surface area contributed by atoms with Crippen molar-refractivity contribution in [1.29, 1.82) is 0 Å². The van der Waals surface area contributed by atoms with Gasteiger partial charge in [0.1, 0.15) is 0 Å². The molecule has 3 unspecified atom stereocenters. The Morgan fingerprint density at radius 3 is 2.80 bits per heavy atom. The molecule has 0 amide bonds. The highest BCUT2D eigenvalue weighted by atomic mass is 35.5. The van der Waals surface area contributed by atoms with Crippen molar-refractivity contribution >= 4 is 17.3 Å². The first-order valence-electron chi connectivity index (χ1n) is 5.57. The van der Waals surface area contributed by atoms with E-state index in [1.165, 1.54) is 18.7 Å². The van der Waals surface area contributed by atoms with E-state index >= 15 is 0 Å². The molecule has 2 nitrogen and oxygen atoms in total.